The third-order valence-corrected chi connectivity index (χ3v) is 6.39. The number of halogens is 2. The van der Waals surface area contributed by atoms with Gasteiger partial charge in [-0.3, -0.25) is 4.79 Å². The highest BCUT2D eigenvalue weighted by Gasteiger charge is 2.18. The fourth-order valence-corrected chi connectivity index (χ4v) is 4.68. The number of aryl methyl sites for hydroxylation is 1. The second kappa shape index (κ2) is 8.93. The average Bonchev–Trinajstić information content (AvgIpc) is 2.57. The lowest BCUT2D eigenvalue weighted by atomic mass is 10.1. The summed E-state index contributed by atoms with van der Waals surface area (Å²) in [6, 6.07) is 12.5. The molecule has 5 nitrogen and oxygen atoms in total. The number of sulfonamides is 1. The fourth-order valence-electron chi connectivity index (χ4n) is 2.15. The Labute approximate surface area is 164 Å². The van der Waals surface area contributed by atoms with Gasteiger partial charge in [0.15, 0.2) is 0 Å². The predicted octanol–water partition coefficient (Wildman–Crippen LogP) is 4.08. The first kappa shape index (κ1) is 20.1. The molecule has 2 aromatic rings. The lowest BCUT2D eigenvalue weighted by Crippen LogP contribution is -2.28. The minimum absolute atomic E-state index is 0.0145. The molecule has 8 heteroatoms. The van der Waals surface area contributed by atoms with E-state index < -0.39 is 10.0 Å². The van der Waals surface area contributed by atoms with Gasteiger partial charge in [-0.2, -0.15) is 0 Å². The molecule has 0 saturated heterocycles. The van der Waals surface area contributed by atoms with Crippen molar-refractivity contribution in [2.45, 2.75) is 24.7 Å². The molecule has 1 amide bonds. The first-order chi connectivity index (χ1) is 11.8. The summed E-state index contributed by atoms with van der Waals surface area (Å²) >= 11 is 6.48. The van der Waals surface area contributed by atoms with E-state index >= 15 is 0 Å². The molecule has 0 spiro atoms. The fraction of sp³-hybridized carbons (Fsp3) is 0.235. The van der Waals surface area contributed by atoms with Gasteiger partial charge in [-0.25, -0.2) is 13.1 Å². The van der Waals surface area contributed by atoms with Crippen LogP contribution in [-0.2, 0) is 21.2 Å². The second-order valence-electron chi connectivity index (χ2n) is 5.32. The summed E-state index contributed by atoms with van der Waals surface area (Å²) < 4.78 is 28.2. The molecule has 0 saturated carbocycles. The van der Waals surface area contributed by atoms with Gasteiger partial charge in [0.25, 0.3) is 0 Å². The Kier molecular flexibility index (Phi) is 7.18. The molecule has 0 unspecified atom stereocenters. The minimum atomic E-state index is -3.70. The normalized spacial score (nSPS) is 11.3. The van der Waals surface area contributed by atoms with Crippen LogP contribution >= 0.6 is 31.9 Å². The van der Waals surface area contributed by atoms with E-state index in [2.05, 4.69) is 41.9 Å². The van der Waals surface area contributed by atoms with E-state index in [0.717, 1.165) is 12.0 Å². The minimum Gasteiger partial charge on any atom is -0.326 e. The summed E-state index contributed by atoms with van der Waals surface area (Å²) in [4.78, 5) is 12.1. The van der Waals surface area contributed by atoms with Crippen molar-refractivity contribution >= 4 is 53.5 Å². The molecule has 0 heterocycles. The molecule has 134 valence electrons. The van der Waals surface area contributed by atoms with E-state index in [4.69, 9.17) is 0 Å². The van der Waals surface area contributed by atoms with Gasteiger partial charge in [0.2, 0.25) is 15.9 Å². The maximum atomic E-state index is 12.3. The molecule has 0 aromatic heterocycles. The smallest absolute Gasteiger partial charge is 0.241 e. The summed E-state index contributed by atoms with van der Waals surface area (Å²) in [7, 11) is -3.70. The van der Waals surface area contributed by atoms with E-state index in [1.54, 1.807) is 18.2 Å². The summed E-state index contributed by atoms with van der Waals surface area (Å²) in [5.41, 5.74) is 1.83. The van der Waals surface area contributed by atoms with Crippen LogP contribution in [-0.4, -0.2) is 20.9 Å². The lowest BCUT2D eigenvalue weighted by Gasteiger charge is -2.10. The van der Waals surface area contributed by atoms with Crippen molar-refractivity contribution < 1.29 is 13.2 Å². The Balaban J connectivity index is 1.92. The van der Waals surface area contributed by atoms with E-state index in [1.807, 2.05) is 25.1 Å². The molecule has 25 heavy (non-hydrogen) atoms. The topological polar surface area (TPSA) is 75.3 Å². The van der Waals surface area contributed by atoms with Crippen LogP contribution in [0.4, 0.5) is 5.69 Å². The van der Waals surface area contributed by atoms with Crippen LogP contribution in [0.2, 0.25) is 0 Å². The highest BCUT2D eigenvalue weighted by molar-refractivity contribution is 9.11. The SMILES string of the molecule is CCc1cccc(NC(=O)CCNS(=O)(=O)c2cc(Br)ccc2Br)c1. The number of nitrogens with one attached hydrogen (secondary N) is 2. The van der Waals surface area contributed by atoms with E-state index in [1.165, 1.54) is 6.07 Å². The third-order valence-electron chi connectivity index (χ3n) is 3.45. The first-order valence-electron chi connectivity index (χ1n) is 7.65. The van der Waals surface area contributed by atoms with Gasteiger partial charge in [0.1, 0.15) is 0 Å². The molecule has 0 atom stereocenters. The van der Waals surface area contributed by atoms with Crippen LogP contribution in [0.25, 0.3) is 0 Å². The average molecular weight is 490 g/mol. The molecule has 0 aliphatic heterocycles. The standard InChI is InChI=1S/C17H18Br2N2O3S/c1-2-12-4-3-5-14(10-12)21-17(22)8-9-20-25(23,24)16-11-13(18)6-7-15(16)19/h3-7,10-11,20H,2,8-9H2,1H3,(H,21,22). The zero-order valence-electron chi connectivity index (χ0n) is 13.6. The third kappa shape index (κ3) is 5.91. The number of carbonyl (C=O) groups excluding carboxylic acids is 1. The first-order valence-corrected chi connectivity index (χ1v) is 10.7. The number of rotatable bonds is 7. The summed E-state index contributed by atoms with van der Waals surface area (Å²) in [5, 5.41) is 2.77. The zero-order chi connectivity index (χ0) is 18.4. The molecule has 0 radical (unpaired) electrons. The predicted molar refractivity (Wildman–Crippen MR) is 106 cm³/mol. The number of benzene rings is 2. The summed E-state index contributed by atoms with van der Waals surface area (Å²) in [6.07, 6.45) is 0.923. The van der Waals surface area contributed by atoms with Gasteiger partial charge >= 0.3 is 0 Å². The number of hydrogen-bond acceptors (Lipinski definition) is 3. The van der Waals surface area contributed by atoms with E-state index in [-0.39, 0.29) is 23.8 Å². The van der Waals surface area contributed by atoms with Crippen molar-refractivity contribution in [2.75, 3.05) is 11.9 Å². The Hall–Kier alpha value is -1.22. The zero-order valence-corrected chi connectivity index (χ0v) is 17.5. The Bertz CT molecular complexity index is 870. The molecule has 2 aromatic carbocycles. The van der Waals surface area contributed by atoms with Gasteiger partial charge in [-0.15, -0.1) is 0 Å². The van der Waals surface area contributed by atoms with Crippen LogP contribution in [0.15, 0.2) is 56.3 Å². The van der Waals surface area contributed by atoms with Crippen molar-refractivity contribution in [3.05, 3.63) is 57.0 Å². The molecular weight excluding hydrogens is 472 g/mol. The summed E-state index contributed by atoms with van der Waals surface area (Å²) in [5.74, 6) is -0.246. The van der Waals surface area contributed by atoms with Crippen LogP contribution < -0.4 is 10.0 Å². The molecular formula is C17H18Br2N2O3S. The highest BCUT2D eigenvalue weighted by atomic mass is 79.9. The Morgan fingerprint density at radius 2 is 1.88 bits per heavy atom. The molecule has 0 aliphatic rings. The van der Waals surface area contributed by atoms with Gasteiger partial charge in [-0.1, -0.05) is 35.0 Å². The van der Waals surface area contributed by atoms with Gasteiger partial charge in [-0.05, 0) is 58.2 Å². The van der Waals surface area contributed by atoms with Crippen molar-refractivity contribution in [2.24, 2.45) is 0 Å². The van der Waals surface area contributed by atoms with Gasteiger partial charge < -0.3 is 5.32 Å². The second-order valence-corrected chi connectivity index (χ2v) is 8.83. The molecule has 0 bridgehead atoms. The lowest BCUT2D eigenvalue weighted by molar-refractivity contribution is -0.116. The van der Waals surface area contributed by atoms with Gasteiger partial charge in [0.05, 0.1) is 4.90 Å². The van der Waals surface area contributed by atoms with Crippen molar-refractivity contribution in [1.29, 1.82) is 0 Å². The molecule has 2 N–H and O–H groups in total. The van der Waals surface area contributed by atoms with Crippen molar-refractivity contribution in [3.8, 4) is 0 Å². The van der Waals surface area contributed by atoms with Gasteiger partial charge in [0, 0.05) is 27.6 Å². The van der Waals surface area contributed by atoms with E-state index in [0.29, 0.717) is 14.6 Å². The van der Waals surface area contributed by atoms with Crippen molar-refractivity contribution in [3.63, 3.8) is 0 Å². The van der Waals surface area contributed by atoms with Crippen molar-refractivity contribution in [1.82, 2.24) is 4.72 Å². The monoisotopic (exact) mass is 488 g/mol. The highest BCUT2D eigenvalue weighted by Crippen LogP contribution is 2.25. The summed E-state index contributed by atoms with van der Waals surface area (Å²) in [6.45, 7) is 2.05. The Morgan fingerprint density at radius 3 is 2.60 bits per heavy atom. The number of anilines is 1. The van der Waals surface area contributed by atoms with E-state index in [9.17, 15) is 13.2 Å². The largest absolute Gasteiger partial charge is 0.326 e. The number of hydrogen-bond donors (Lipinski definition) is 2. The molecule has 0 fully saturated rings. The van der Waals surface area contributed by atoms with Crippen LogP contribution in [0.3, 0.4) is 0 Å². The maximum Gasteiger partial charge on any atom is 0.241 e. The van der Waals surface area contributed by atoms with Crippen LogP contribution in [0.1, 0.15) is 18.9 Å². The number of amides is 1. The van der Waals surface area contributed by atoms with Crippen LogP contribution in [0.5, 0.6) is 0 Å². The molecule has 0 aliphatic carbocycles. The maximum absolute atomic E-state index is 12.3. The quantitative estimate of drug-likeness (QED) is 0.615. The number of carbonyl (C=O) groups is 1. The Morgan fingerprint density at radius 1 is 1.12 bits per heavy atom. The van der Waals surface area contributed by atoms with Crippen LogP contribution in [0, 0.1) is 0 Å². The molecule has 2 rings (SSSR count).